The SMILES string of the molecule is Cc1cc(-n2ncc3ccc(C4(C#N)CCC4)cc32)ncn1. The Kier molecular flexibility index (Phi) is 2.73. The van der Waals surface area contributed by atoms with Crippen molar-refractivity contribution in [1.82, 2.24) is 19.7 Å². The zero-order valence-electron chi connectivity index (χ0n) is 12.3. The minimum Gasteiger partial charge on any atom is -0.242 e. The average molecular weight is 289 g/mol. The molecule has 1 aromatic carbocycles. The van der Waals surface area contributed by atoms with Crippen molar-refractivity contribution in [3.63, 3.8) is 0 Å². The van der Waals surface area contributed by atoms with E-state index in [-0.39, 0.29) is 5.41 Å². The Morgan fingerprint density at radius 3 is 2.77 bits per heavy atom. The Bertz CT molecular complexity index is 899. The fourth-order valence-electron chi connectivity index (χ4n) is 3.05. The van der Waals surface area contributed by atoms with Crippen LogP contribution in [-0.2, 0) is 5.41 Å². The molecule has 5 heteroatoms. The molecule has 2 heterocycles. The summed E-state index contributed by atoms with van der Waals surface area (Å²) < 4.78 is 1.82. The van der Waals surface area contributed by atoms with E-state index in [0.717, 1.165) is 47.2 Å². The van der Waals surface area contributed by atoms with Crippen molar-refractivity contribution in [3.05, 3.63) is 48.0 Å². The summed E-state index contributed by atoms with van der Waals surface area (Å²) in [6.45, 7) is 1.93. The smallest absolute Gasteiger partial charge is 0.157 e. The minimum atomic E-state index is -0.315. The van der Waals surface area contributed by atoms with Gasteiger partial charge in [0, 0.05) is 17.1 Å². The molecule has 0 bridgehead atoms. The first kappa shape index (κ1) is 13.0. The molecular weight excluding hydrogens is 274 g/mol. The molecular formula is C17H15N5. The standard InChI is InChI=1S/C17H15N5/c1-12-7-16(20-11-19-12)22-15-8-14(4-3-13(15)9-21-22)17(10-18)5-2-6-17/h3-4,7-9,11H,2,5-6H2,1H3. The fraction of sp³-hybridized carbons (Fsp3) is 0.294. The lowest BCUT2D eigenvalue weighted by Gasteiger charge is -2.35. The van der Waals surface area contributed by atoms with Gasteiger partial charge in [-0.1, -0.05) is 12.1 Å². The molecule has 1 saturated carbocycles. The van der Waals surface area contributed by atoms with Crippen LogP contribution in [0, 0.1) is 18.3 Å². The predicted molar refractivity (Wildman–Crippen MR) is 82.5 cm³/mol. The van der Waals surface area contributed by atoms with Gasteiger partial charge in [0.25, 0.3) is 0 Å². The second-order valence-electron chi connectivity index (χ2n) is 5.90. The van der Waals surface area contributed by atoms with Gasteiger partial charge in [0.2, 0.25) is 0 Å². The molecule has 22 heavy (non-hydrogen) atoms. The molecule has 0 unspecified atom stereocenters. The van der Waals surface area contributed by atoms with Crippen LogP contribution in [0.25, 0.3) is 16.7 Å². The molecule has 0 aliphatic heterocycles. The number of fused-ring (bicyclic) bond motifs is 1. The number of hydrogen-bond donors (Lipinski definition) is 0. The molecule has 0 atom stereocenters. The van der Waals surface area contributed by atoms with Crippen molar-refractivity contribution < 1.29 is 0 Å². The molecule has 4 rings (SSSR count). The number of rotatable bonds is 2. The Morgan fingerprint density at radius 2 is 2.09 bits per heavy atom. The van der Waals surface area contributed by atoms with Gasteiger partial charge in [0.15, 0.2) is 5.82 Å². The quantitative estimate of drug-likeness (QED) is 0.727. The molecule has 0 radical (unpaired) electrons. The maximum absolute atomic E-state index is 9.54. The first-order valence-electron chi connectivity index (χ1n) is 7.40. The van der Waals surface area contributed by atoms with Crippen LogP contribution in [-0.4, -0.2) is 19.7 Å². The molecule has 0 N–H and O–H groups in total. The first-order valence-corrected chi connectivity index (χ1v) is 7.40. The van der Waals surface area contributed by atoms with Crippen molar-refractivity contribution in [2.24, 2.45) is 0 Å². The second-order valence-corrected chi connectivity index (χ2v) is 5.90. The molecule has 0 spiro atoms. The highest BCUT2D eigenvalue weighted by Crippen LogP contribution is 2.43. The summed E-state index contributed by atoms with van der Waals surface area (Å²) >= 11 is 0. The molecule has 0 amide bonds. The maximum atomic E-state index is 9.54. The van der Waals surface area contributed by atoms with E-state index in [9.17, 15) is 5.26 Å². The van der Waals surface area contributed by atoms with Gasteiger partial charge >= 0.3 is 0 Å². The Balaban J connectivity index is 1.89. The summed E-state index contributed by atoms with van der Waals surface area (Å²) in [6.07, 6.45) is 6.38. The highest BCUT2D eigenvalue weighted by molar-refractivity contribution is 5.81. The fourth-order valence-corrected chi connectivity index (χ4v) is 3.05. The van der Waals surface area contributed by atoms with E-state index in [4.69, 9.17) is 0 Å². The van der Waals surface area contributed by atoms with Gasteiger partial charge in [0.05, 0.1) is 23.2 Å². The Morgan fingerprint density at radius 1 is 1.23 bits per heavy atom. The molecule has 0 saturated heterocycles. The van der Waals surface area contributed by atoms with Crippen LogP contribution in [0.3, 0.4) is 0 Å². The Labute approximate surface area is 128 Å². The zero-order chi connectivity index (χ0) is 15.2. The summed E-state index contributed by atoms with van der Waals surface area (Å²) in [5.41, 5.74) is 2.65. The monoisotopic (exact) mass is 289 g/mol. The number of aromatic nitrogens is 4. The summed E-state index contributed by atoms with van der Waals surface area (Å²) in [5.74, 6) is 0.749. The normalized spacial score (nSPS) is 16.2. The van der Waals surface area contributed by atoms with Gasteiger partial charge in [-0.3, -0.25) is 0 Å². The van der Waals surface area contributed by atoms with Crippen LogP contribution >= 0.6 is 0 Å². The minimum absolute atomic E-state index is 0.315. The summed E-state index contributed by atoms with van der Waals surface area (Å²) in [4.78, 5) is 8.43. The van der Waals surface area contributed by atoms with Crippen molar-refractivity contribution in [1.29, 1.82) is 5.26 Å². The highest BCUT2D eigenvalue weighted by atomic mass is 15.3. The molecule has 1 fully saturated rings. The summed E-state index contributed by atoms with van der Waals surface area (Å²) in [5, 5.41) is 15.0. The van der Waals surface area contributed by atoms with Crippen molar-refractivity contribution in [2.45, 2.75) is 31.6 Å². The van der Waals surface area contributed by atoms with Gasteiger partial charge in [-0.2, -0.15) is 10.4 Å². The van der Waals surface area contributed by atoms with E-state index in [0.29, 0.717) is 0 Å². The topological polar surface area (TPSA) is 67.4 Å². The van der Waals surface area contributed by atoms with Crippen molar-refractivity contribution >= 4 is 10.9 Å². The van der Waals surface area contributed by atoms with Gasteiger partial charge in [-0.05, 0) is 37.8 Å². The van der Waals surface area contributed by atoms with Gasteiger partial charge in [-0.15, -0.1) is 0 Å². The number of benzene rings is 1. The lowest BCUT2D eigenvalue weighted by atomic mass is 9.65. The number of hydrogen-bond acceptors (Lipinski definition) is 4. The van der Waals surface area contributed by atoms with E-state index < -0.39 is 0 Å². The lowest BCUT2D eigenvalue weighted by molar-refractivity contribution is 0.324. The van der Waals surface area contributed by atoms with E-state index in [1.165, 1.54) is 0 Å². The molecule has 2 aromatic heterocycles. The third-order valence-electron chi connectivity index (χ3n) is 4.55. The molecule has 1 aliphatic rings. The maximum Gasteiger partial charge on any atom is 0.157 e. The van der Waals surface area contributed by atoms with Crippen molar-refractivity contribution in [3.8, 4) is 11.9 Å². The number of nitriles is 1. The van der Waals surface area contributed by atoms with Crippen molar-refractivity contribution in [2.75, 3.05) is 0 Å². The van der Waals surface area contributed by atoms with E-state index in [1.807, 2.05) is 29.9 Å². The number of aryl methyl sites for hydroxylation is 1. The zero-order valence-corrected chi connectivity index (χ0v) is 12.3. The number of nitrogens with zero attached hydrogens (tertiary/aromatic N) is 5. The van der Waals surface area contributed by atoms with E-state index in [2.05, 4.69) is 33.3 Å². The summed E-state index contributed by atoms with van der Waals surface area (Å²) in [7, 11) is 0. The van der Waals surface area contributed by atoms with E-state index in [1.54, 1.807) is 6.33 Å². The average Bonchev–Trinajstić information content (AvgIpc) is 2.90. The van der Waals surface area contributed by atoms with Crippen LogP contribution in [0.4, 0.5) is 0 Å². The van der Waals surface area contributed by atoms with Crippen LogP contribution < -0.4 is 0 Å². The Hall–Kier alpha value is -2.74. The van der Waals surface area contributed by atoms with Gasteiger partial charge < -0.3 is 0 Å². The third-order valence-corrected chi connectivity index (χ3v) is 4.55. The molecule has 5 nitrogen and oxygen atoms in total. The third kappa shape index (κ3) is 1.81. The highest BCUT2D eigenvalue weighted by Gasteiger charge is 2.39. The summed E-state index contributed by atoms with van der Waals surface area (Å²) in [6, 6.07) is 10.6. The van der Waals surface area contributed by atoms with Crippen LogP contribution in [0.1, 0.15) is 30.5 Å². The van der Waals surface area contributed by atoms with Gasteiger partial charge in [0.1, 0.15) is 6.33 Å². The van der Waals surface area contributed by atoms with Gasteiger partial charge in [-0.25, -0.2) is 14.6 Å². The largest absolute Gasteiger partial charge is 0.242 e. The molecule has 1 aliphatic carbocycles. The second kappa shape index (κ2) is 4.63. The molecule has 3 aromatic rings. The van der Waals surface area contributed by atoms with E-state index >= 15 is 0 Å². The first-order chi connectivity index (χ1) is 10.7. The van der Waals surface area contributed by atoms with Crippen LogP contribution in [0.5, 0.6) is 0 Å². The molecule has 108 valence electrons. The predicted octanol–water partition coefficient (Wildman–Crippen LogP) is 3.07. The lowest BCUT2D eigenvalue weighted by Crippen LogP contribution is -2.32. The van der Waals surface area contributed by atoms with Crippen LogP contribution in [0.2, 0.25) is 0 Å². The van der Waals surface area contributed by atoms with Crippen LogP contribution in [0.15, 0.2) is 36.8 Å².